The molecule has 0 amide bonds. The van der Waals surface area contributed by atoms with Gasteiger partial charge in [0.15, 0.2) is 0 Å². The normalized spacial score (nSPS) is 49.8. The third kappa shape index (κ3) is 3.89. The van der Waals surface area contributed by atoms with E-state index in [0.717, 1.165) is 77.6 Å². The highest BCUT2D eigenvalue weighted by molar-refractivity contribution is 5.48. The second-order valence-corrected chi connectivity index (χ2v) is 11.1. The lowest BCUT2D eigenvalue weighted by Gasteiger charge is -2.63. The molecule has 4 rings (SSSR count). The average molecular weight is 425 g/mol. The van der Waals surface area contributed by atoms with Crippen molar-refractivity contribution in [2.75, 3.05) is 7.11 Å². The maximum absolute atomic E-state index is 11.4. The molecule has 4 fully saturated rings. The van der Waals surface area contributed by atoms with Gasteiger partial charge in [-0.25, -0.2) is 0 Å². The molecule has 4 aliphatic rings. The average Bonchev–Trinajstić information content (AvgIpc) is 3.07. The molecule has 30 heavy (non-hydrogen) atoms. The summed E-state index contributed by atoms with van der Waals surface area (Å²) in [6.45, 7) is 4.68. The number of hydrogen-bond acceptors (Lipinski definition) is 5. The van der Waals surface area contributed by atoms with E-state index in [1.54, 1.807) is 0 Å². The fourth-order valence-electron chi connectivity index (χ4n) is 8.38. The number of unbranched alkanes of at least 4 members (excludes halogenated alkanes) is 2. The van der Waals surface area contributed by atoms with Gasteiger partial charge in [-0.3, -0.25) is 0 Å². The molecule has 0 bridgehead atoms. The lowest BCUT2D eigenvalue weighted by Crippen LogP contribution is -2.62. The molecule has 0 aromatic carbocycles. The SMILES string of the molecule is CO.C[C@]12CCC(O)CC1CC(O)C1C2CC(O)[C@@]2(C)C1CC[C@@H]2CCCCC=O. The van der Waals surface area contributed by atoms with Gasteiger partial charge in [0.25, 0.3) is 0 Å². The first kappa shape index (κ1) is 24.2. The number of aliphatic hydroxyl groups excluding tert-OH is 4. The van der Waals surface area contributed by atoms with Crippen molar-refractivity contribution in [2.24, 2.45) is 40.4 Å². The molecule has 0 aliphatic heterocycles. The molecule has 0 heterocycles. The van der Waals surface area contributed by atoms with E-state index in [-0.39, 0.29) is 29.1 Å². The maximum atomic E-state index is 11.4. The Morgan fingerprint density at radius 2 is 1.67 bits per heavy atom. The van der Waals surface area contributed by atoms with Gasteiger partial charge < -0.3 is 25.2 Å². The molecule has 4 aliphatic carbocycles. The Hall–Kier alpha value is -0.490. The standard InChI is InChI=1S/C24H40O4.CH4O/c1-23-10-9-17(26)12-16(23)13-20(27)22-18-8-7-15(6-4-3-5-11-25)24(18,2)21(28)14-19(22)23;1-2/h11,15-22,26-28H,3-10,12-14H2,1-2H3;2H,1H3/t15-,16?,17?,18?,19?,20?,21?,22?,23-,24+;/m0./s1. The highest BCUT2D eigenvalue weighted by Crippen LogP contribution is 2.67. The van der Waals surface area contributed by atoms with Crippen LogP contribution in [0.3, 0.4) is 0 Å². The van der Waals surface area contributed by atoms with Crippen LogP contribution < -0.4 is 0 Å². The van der Waals surface area contributed by atoms with Gasteiger partial charge in [0, 0.05) is 13.5 Å². The van der Waals surface area contributed by atoms with Crippen LogP contribution in [0.2, 0.25) is 0 Å². The third-order valence-electron chi connectivity index (χ3n) is 10.1. The first-order valence-corrected chi connectivity index (χ1v) is 12.2. The van der Waals surface area contributed by atoms with Gasteiger partial charge in [0.05, 0.1) is 18.3 Å². The number of rotatable bonds is 5. The topological polar surface area (TPSA) is 98.0 Å². The van der Waals surface area contributed by atoms with E-state index in [9.17, 15) is 20.1 Å². The van der Waals surface area contributed by atoms with E-state index in [0.29, 0.717) is 36.0 Å². The maximum Gasteiger partial charge on any atom is 0.119 e. The summed E-state index contributed by atoms with van der Waals surface area (Å²) in [5.74, 6) is 1.95. The quantitative estimate of drug-likeness (QED) is 0.401. The van der Waals surface area contributed by atoms with Crippen molar-refractivity contribution in [2.45, 2.75) is 103 Å². The van der Waals surface area contributed by atoms with Crippen LogP contribution >= 0.6 is 0 Å². The second-order valence-electron chi connectivity index (χ2n) is 11.1. The van der Waals surface area contributed by atoms with E-state index in [1.807, 2.05) is 0 Å². The monoisotopic (exact) mass is 424 g/mol. The fraction of sp³-hybridized carbons (Fsp3) is 0.960. The van der Waals surface area contributed by atoms with Crippen LogP contribution in [-0.4, -0.2) is 52.1 Å². The summed E-state index contributed by atoms with van der Waals surface area (Å²) < 4.78 is 0. The molecule has 5 heteroatoms. The predicted molar refractivity (Wildman–Crippen MR) is 117 cm³/mol. The van der Waals surface area contributed by atoms with Gasteiger partial charge in [-0.2, -0.15) is 0 Å². The lowest BCUT2D eigenvalue weighted by molar-refractivity contribution is -0.204. The molecule has 174 valence electrons. The van der Waals surface area contributed by atoms with Gasteiger partial charge in [-0.15, -0.1) is 0 Å². The van der Waals surface area contributed by atoms with Crippen molar-refractivity contribution in [1.82, 2.24) is 0 Å². The van der Waals surface area contributed by atoms with E-state index >= 15 is 0 Å². The molecule has 0 spiro atoms. The third-order valence-corrected chi connectivity index (χ3v) is 10.1. The van der Waals surface area contributed by atoms with Crippen molar-refractivity contribution >= 4 is 6.29 Å². The Morgan fingerprint density at radius 3 is 2.37 bits per heavy atom. The van der Waals surface area contributed by atoms with E-state index in [4.69, 9.17) is 5.11 Å². The summed E-state index contributed by atoms with van der Waals surface area (Å²) >= 11 is 0. The Balaban J connectivity index is 0.00000124. The summed E-state index contributed by atoms with van der Waals surface area (Å²) in [6, 6.07) is 0. The molecule has 4 saturated carbocycles. The molecule has 10 atom stereocenters. The Morgan fingerprint density at radius 1 is 0.933 bits per heavy atom. The van der Waals surface area contributed by atoms with Gasteiger partial charge >= 0.3 is 0 Å². The fourth-order valence-corrected chi connectivity index (χ4v) is 8.38. The smallest absolute Gasteiger partial charge is 0.119 e. The van der Waals surface area contributed by atoms with Crippen LogP contribution in [0.5, 0.6) is 0 Å². The molecule has 0 aromatic heterocycles. The van der Waals surface area contributed by atoms with Crippen LogP contribution in [0.15, 0.2) is 0 Å². The lowest BCUT2D eigenvalue weighted by atomic mass is 9.43. The largest absolute Gasteiger partial charge is 0.400 e. The highest BCUT2D eigenvalue weighted by atomic mass is 16.3. The van der Waals surface area contributed by atoms with Crippen LogP contribution in [0.1, 0.15) is 84.5 Å². The summed E-state index contributed by atoms with van der Waals surface area (Å²) in [5, 5.41) is 39.8. The predicted octanol–water partition coefficient (Wildman–Crippen LogP) is 3.32. The summed E-state index contributed by atoms with van der Waals surface area (Å²) in [6.07, 6.45) is 10.5. The van der Waals surface area contributed by atoms with Crippen molar-refractivity contribution < 1.29 is 25.2 Å². The van der Waals surface area contributed by atoms with Crippen LogP contribution in [0, 0.1) is 40.4 Å². The summed E-state index contributed by atoms with van der Waals surface area (Å²) in [4.78, 5) is 10.6. The summed E-state index contributed by atoms with van der Waals surface area (Å²) in [7, 11) is 1.00. The Labute approximate surface area is 182 Å². The molecule has 0 aromatic rings. The number of carbonyl (C=O) groups excluding carboxylic acids is 1. The van der Waals surface area contributed by atoms with E-state index in [1.165, 1.54) is 0 Å². The van der Waals surface area contributed by atoms with Gasteiger partial charge in [0.1, 0.15) is 6.29 Å². The Kier molecular flexibility index (Phi) is 7.70. The number of aldehydes is 1. The minimum Gasteiger partial charge on any atom is -0.400 e. The number of carbonyl (C=O) groups is 1. The van der Waals surface area contributed by atoms with Crippen LogP contribution in [0.25, 0.3) is 0 Å². The first-order valence-electron chi connectivity index (χ1n) is 12.2. The minimum atomic E-state index is -0.299. The van der Waals surface area contributed by atoms with Crippen molar-refractivity contribution in [3.8, 4) is 0 Å². The van der Waals surface area contributed by atoms with Gasteiger partial charge in [0.2, 0.25) is 0 Å². The van der Waals surface area contributed by atoms with E-state index in [2.05, 4.69) is 13.8 Å². The summed E-state index contributed by atoms with van der Waals surface area (Å²) in [5.41, 5.74) is 0.0498. The first-order chi connectivity index (χ1) is 14.3. The molecule has 5 nitrogen and oxygen atoms in total. The number of hydrogen-bond donors (Lipinski definition) is 4. The van der Waals surface area contributed by atoms with Gasteiger partial charge in [-0.1, -0.05) is 20.3 Å². The van der Waals surface area contributed by atoms with Crippen molar-refractivity contribution in [3.63, 3.8) is 0 Å². The molecular formula is C25H44O5. The Bertz CT molecular complexity index is 582. The second kappa shape index (κ2) is 9.56. The van der Waals surface area contributed by atoms with Crippen molar-refractivity contribution in [3.05, 3.63) is 0 Å². The zero-order valence-corrected chi connectivity index (χ0v) is 19.2. The number of fused-ring (bicyclic) bond motifs is 5. The molecule has 7 unspecified atom stereocenters. The molecule has 0 radical (unpaired) electrons. The molecule has 0 saturated heterocycles. The van der Waals surface area contributed by atoms with Crippen molar-refractivity contribution in [1.29, 1.82) is 0 Å². The minimum absolute atomic E-state index is 0.0965. The molecular weight excluding hydrogens is 380 g/mol. The van der Waals surface area contributed by atoms with Gasteiger partial charge in [-0.05, 0) is 98.2 Å². The zero-order chi connectivity index (χ0) is 22.1. The van der Waals surface area contributed by atoms with Crippen LogP contribution in [-0.2, 0) is 4.79 Å². The molecule has 4 N–H and O–H groups in total. The van der Waals surface area contributed by atoms with Crippen LogP contribution in [0.4, 0.5) is 0 Å². The number of aliphatic hydroxyl groups is 4. The highest BCUT2D eigenvalue weighted by Gasteiger charge is 2.65. The van der Waals surface area contributed by atoms with E-state index < -0.39 is 0 Å². The zero-order valence-electron chi connectivity index (χ0n) is 19.2.